The molecule has 0 bridgehead atoms. The van der Waals surface area contributed by atoms with E-state index in [0.717, 1.165) is 6.07 Å². The van der Waals surface area contributed by atoms with Crippen molar-refractivity contribution < 1.29 is 42.1 Å². The number of imide groups is 1. The molecule has 2 aromatic rings. The normalized spacial score (nSPS) is 14.8. The molecular weight excluding hydrogens is 453 g/mol. The van der Waals surface area contributed by atoms with Gasteiger partial charge >= 0.3 is 0 Å². The molecule has 0 unspecified atom stereocenters. The summed E-state index contributed by atoms with van der Waals surface area (Å²) in [6.07, 6.45) is 1.34. The molecular formula is C20H15F3N2O6S. The molecule has 0 saturated carbocycles. The average molecular weight is 468 g/mol. The van der Waals surface area contributed by atoms with Crippen molar-refractivity contribution in [1.29, 1.82) is 0 Å². The van der Waals surface area contributed by atoms with Gasteiger partial charge in [0.2, 0.25) is 11.7 Å². The van der Waals surface area contributed by atoms with E-state index in [9.17, 15) is 32.7 Å². The van der Waals surface area contributed by atoms with Crippen LogP contribution < -0.4 is 14.8 Å². The van der Waals surface area contributed by atoms with Crippen molar-refractivity contribution in [3.05, 3.63) is 52.2 Å². The number of rotatable bonds is 6. The van der Waals surface area contributed by atoms with Gasteiger partial charge in [-0.1, -0.05) is 0 Å². The van der Waals surface area contributed by atoms with E-state index in [2.05, 4.69) is 0 Å². The minimum Gasteiger partial charge on any atom is -0.502 e. The third-order valence-electron chi connectivity index (χ3n) is 4.28. The number of phenols is 1. The Kier molecular flexibility index (Phi) is 6.63. The van der Waals surface area contributed by atoms with Crippen LogP contribution in [0.25, 0.3) is 6.08 Å². The van der Waals surface area contributed by atoms with Crippen LogP contribution in [0.4, 0.5) is 23.7 Å². The highest BCUT2D eigenvalue weighted by atomic mass is 32.2. The third-order valence-corrected chi connectivity index (χ3v) is 5.19. The number of thioether (sulfide) groups is 1. The Labute approximate surface area is 183 Å². The quantitative estimate of drug-likeness (QED) is 0.494. The van der Waals surface area contributed by atoms with Gasteiger partial charge in [-0.15, -0.1) is 0 Å². The Morgan fingerprint density at radius 1 is 1.12 bits per heavy atom. The van der Waals surface area contributed by atoms with Crippen LogP contribution in [0.2, 0.25) is 0 Å². The number of ether oxygens (including phenoxy) is 2. The Morgan fingerprint density at radius 3 is 2.34 bits per heavy atom. The minimum atomic E-state index is -1.77. The molecule has 8 nitrogen and oxygen atoms in total. The highest BCUT2D eigenvalue weighted by molar-refractivity contribution is 8.18. The topological polar surface area (TPSA) is 105 Å². The largest absolute Gasteiger partial charge is 0.502 e. The first kappa shape index (κ1) is 23.0. The molecule has 12 heteroatoms. The third kappa shape index (κ3) is 4.49. The smallest absolute Gasteiger partial charge is 0.294 e. The Morgan fingerprint density at radius 2 is 1.75 bits per heavy atom. The molecule has 2 N–H and O–H groups in total. The number of hydrogen-bond donors (Lipinski definition) is 2. The second-order valence-corrected chi connectivity index (χ2v) is 7.31. The molecule has 0 spiro atoms. The van der Waals surface area contributed by atoms with Crippen LogP contribution in [0.5, 0.6) is 17.2 Å². The molecule has 3 amide bonds. The summed E-state index contributed by atoms with van der Waals surface area (Å²) < 4.78 is 50.1. The van der Waals surface area contributed by atoms with Crippen molar-refractivity contribution in [3.63, 3.8) is 0 Å². The summed E-state index contributed by atoms with van der Waals surface area (Å²) in [5.41, 5.74) is -0.269. The molecule has 0 aliphatic carbocycles. The molecule has 0 atom stereocenters. The van der Waals surface area contributed by atoms with Gasteiger partial charge in [-0.3, -0.25) is 19.3 Å². The summed E-state index contributed by atoms with van der Waals surface area (Å²) in [6, 6.07) is 4.25. The van der Waals surface area contributed by atoms with Gasteiger partial charge < -0.3 is 19.9 Å². The highest BCUT2D eigenvalue weighted by Gasteiger charge is 2.36. The van der Waals surface area contributed by atoms with Crippen molar-refractivity contribution in [3.8, 4) is 17.2 Å². The Hall–Kier alpha value is -3.67. The zero-order valence-electron chi connectivity index (χ0n) is 16.6. The standard InChI is InChI=1S/C20H15F3N2O6S/c1-30-12-5-9(6-13(31-2)18(12)27)7-14-19(28)25(20(29)32-14)8-15(26)24-11-4-3-10(21)16(22)17(11)23/h3-7,27H,8H2,1-2H3,(H,24,26)/b14-7+. The lowest BCUT2D eigenvalue weighted by Gasteiger charge is -2.13. The maximum Gasteiger partial charge on any atom is 0.294 e. The van der Waals surface area contributed by atoms with Gasteiger partial charge in [-0.25, -0.2) is 13.2 Å². The predicted octanol–water partition coefficient (Wildman–Crippen LogP) is 3.50. The van der Waals surface area contributed by atoms with Gasteiger partial charge in [0.15, 0.2) is 29.0 Å². The van der Waals surface area contributed by atoms with Gasteiger partial charge in [-0.05, 0) is 47.7 Å². The van der Waals surface area contributed by atoms with Crippen LogP contribution in [-0.4, -0.2) is 47.8 Å². The predicted molar refractivity (Wildman–Crippen MR) is 109 cm³/mol. The van der Waals surface area contributed by atoms with Crippen molar-refractivity contribution in [2.45, 2.75) is 0 Å². The van der Waals surface area contributed by atoms with Crippen LogP contribution in [0, 0.1) is 17.5 Å². The van der Waals surface area contributed by atoms with E-state index in [1.165, 1.54) is 32.4 Å². The number of hydrogen-bond acceptors (Lipinski definition) is 7. The lowest BCUT2D eigenvalue weighted by Crippen LogP contribution is -2.36. The van der Waals surface area contributed by atoms with Crippen molar-refractivity contribution in [2.24, 2.45) is 0 Å². The number of nitrogens with one attached hydrogen (secondary N) is 1. The lowest BCUT2D eigenvalue weighted by atomic mass is 10.1. The van der Waals surface area contributed by atoms with E-state index in [1.54, 1.807) is 0 Å². The van der Waals surface area contributed by atoms with E-state index in [4.69, 9.17) is 9.47 Å². The van der Waals surface area contributed by atoms with Crippen LogP contribution >= 0.6 is 11.8 Å². The fraction of sp³-hybridized carbons (Fsp3) is 0.150. The molecule has 0 aromatic heterocycles. The van der Waals surface area contributed by atoms with Gasteiger partial charge in [0.1, 0.15) is 6.54 Å². The first-order valence-electron chi connectivity index (χ1n) is 8.80. The number of benzene rings is 2. The molecule has 0 radical (unpaired) electrons. The van der Waals surface area contributed by atoms with Crippen molar-refractivity contribution >= 4 is 40.6 Å². The molecule has 1 heterocycles. The zero-order valence-corrected chi connectivity index (χ0v) is 17.4. The molecule has 2 aromatic carbocycles. The van der Waals surface area contributed by atoms with E-state index < -0.39 is 46.7 Å². The first-order chi connectivity index (χ1) is 15.2. The van der Waals surface area contributed by atoms with Gasteiger partial charge in [-0.2, -0.15) is 0 Å². The number of aromatic hydroxyl groups is 1. The van der Waals surface area contributed by atoms with Gasteiger partial charge in [0, 0.05) is 0 Å². The Balaban J connectivity index is 1.78. The first-order valence-corrected chi connectivity index (χ1v) is 9.61. The number of nitrogens with zero attached hydrogens (tertiary/aromatic N) is 1. The summed E-state index contributed by atoms with van der Waals surface area (Å²) in [5, 5.41) is 11.2. The van der Waals surface area contributed by atoms with Gasteiger partial charge in [0.05, 0.1) is 24.8 Å². The van der Waals surface area contributed by atoms with E-state index in [1.807, 2.05) is 5.32 Å². The molecule has 1 aliphatic rings. The number of carbonyl (C=O) groups excluding carboxylic acids is 3. The number of amides is 3. The summed E-state index contributed by atoms with van der Waals surface area (Å²) in [7, 11) is 2.64. The highest BCUT2D eigenvalue weighted by Crippen LogP contribution is 2.39. The van der Waals surface area contributed by atoms with Crippen LogP contribution in [-0.2, 0) is 9.59 Å². The SMILES string of the molecule is COc1cc(/C=C2/SC(=O)N(CC(=O)Nc3ccc(F)c(F)c3F)C2=O)cc(OC)c1O. The molecule has 3 rings (SSSR count). The monoisotopic (exact) mass is 468 g/mol. The summed E-state index contributed by atoms with van der Waals surface area (Å²) in [6.45, 7) is -0.775. The Bertz CT molecular complexity index is 1130. The van der Waals surface area contributed by atoms with Crippen molar-refractivity contribution in [1.82, 2.24) is 4.90 Å². The fourth-order valence-corrected chi connectivity index (χ4v) is 3.58. The van der Waals surface area contributed by atoms with Crippen LogP contribution in [0.3, 0.4) is 0 Å². The molecule has 32 heavy (non-hydrogen) atoms. The molecule has 1 saturated heterocycles. The van der Waals surface area contributed by atoms with Crippen molar-refractivity contribution in [2.75, 3.05) is 26.1 Å². The fourth-order valence-electron chi connectivity index (χ4n) is 2.74. The number of anilines is 1. The minimum absolute atomic E-state index is 0.0309. The maximum atomic E-state index is 13.7. The molecule has 1 aliphatic heterocycles. The summed E-state index contributed by atoms with van der Waals surface area (Å²) in [5.74, 6) is -6.71. The number of carbonyl (C=O) groups is 3. The number of phenolic OH excluding ortho intramolecular Hbond substituents is 1. The van der Waals surface area contributed by atoms with Crippen LogP contribution in [0.15, 0.2) is 29.2 Å². The van der Waals surface area contributed by atoms with E-state index in [0.29, 0.717) is 28.3 Å². The second-order valence-electron chi connectivity index (χ2n) is 6.31. The summed E-state index contributed by atoms with van der Waals surface area (Å²) in [4.78, 5) is 37.5. The number of halogens is 3. The number of methoxy groups -OCH3 is 2. The maximum absolute atomic E-state index is 13.7. The zero-order chi connectivity index (χ0) is 23.6. The second kappa shape index (κ2) is 9.22. The van der Waals surface area contributed by atoms with Gasteiger partial charge in [0.25, 0.3) is 11.1 Å². The van der Waals surface area contributed by atoms with E-state index in [-0.39, 0.29) is 22.2 Å². The molecule has 168 valence electrons. The average Bonchev–Trinajstić information content (AvgIpc) is 3.02. The lowest BCUT2D eigenvalue weighted by molar-refractivity contribution is -0.127. The molecule has 1 fully saturated rings. The summed E-state index contributed by atoms with van der Waals surface area (Å²) >= 11 is 0.554. The van der Waals surface area contributed by atoms with E-state index >= 15 is 0 Å². The van der Waals surface area contributed by atoms with Crippen LogP contribution in [0.1, 0.15) is 5.56 Å².